The van der Waals surface area contributed by atoms with Crippen molar-refractivity contribution in [3.63, 3.8) is 0 Å². The minimum Gasteiger partial charge on any atom is -0.299 e. The van der Waals surface area contributed by atoms with Crippen molar-refractivity contribution in [3.8, 4) is 11.1 Å². The Morgan fingerprint density at radius 1 is 1.20 bits per heavy atom. The Balaban J connectivity index is 2.95. The summed E-state index contributed by atoms with van der Waals surface area (Å²) in [5.41, 5.74) is 3.25. The van der Waals surface area contributed by atoms with Crippen LogP contribution in [0.15, 0.2) is 30.3 Å². The van der Waals surface area contributed by atoms with Crippen molar-refractivity contribution in [1.29, 1.82) is 0 Å². The van der Waals surface area contributed by atoms with Gasteiger partial charge in [0.05, 0.1) is 5.75 Å². The normalized spacial score (nSPS) is 12.2. The minimum absolute atomic E-state index is 0.0397. The molecule has 25 heavy (non-hydrogen) atoms. The summed E-state index contributed by atoms with van der Waals surface area (Å²) >= 11 is 0. The Kier molecular flexibility index (Phi) is 5.62. The monoisotopic (exact) mass is 363 g/mol. The summed E-state index contributed by atoms with van der Waals surface area (Å²) in [5, 5.41) is 0. The van der Waals surface area contributed by atoms with Crippen LogP contribution in [0.25, 0.3) is 17.2 Å². The zero-order valence-electron chi connectivity index (χ0n) is 14.8. The van der Waals surface area contributed by atoms with E-state index in [1.54, 1.807) is 32.1 Å². The average Bonchev–Trinajstić information content (AvgIpc) is 2.87. The summed E-state index contributed by atoms with van der Waals surface area (Å²) in [6, 6.07) is 5.90. The van der Waals surface area contributed by atoms with E-state index in [9.17, 15) is 17.6 Å². The summed E-state index contributed by atoms with van der Waals surface area (Å²) < 4.78 is 40.0. The zero-order valence-corrected chi connectivity index (χ0v) is 15.6. The maximum absolute atomic E-state index is 13.3. The number of aromatic nitrogens is 1. The third kappa shape index (κ3) is 3.58. The summed E-state index contributed by atoms with van der Waals surface area (Å²) in [5.74, 6) is -0.487. The molecule has 0 atom stereocenters. The van der Waals surface area contributed by atoms with E-state index in [1.165, 1.54) is 22.2 Å². The summed E-state index contributed by atoms with van der Waals surface area (Å²) in [6.45, 7) is 7.14. The number of hydrogen-bond acceptors (Lipinski definition) is 3. The first-order valence-electron chi connectivity index (χ1n) is 8.10. The predicted molar refractivity (Wildman–Crippen MR) is 98.6 cm³/mol. The molecule has 0 saturated carbocycles. The first-order valence-corrected chi connectivity index (χ1v) is 9.71. The van der Waals surface area contributed by atoms with Crippen LogP contribution < -0.4 is 0 Å². The van der Waals surface area contributed by atoms with Gasteiger partial charge in [-0.25, -0.2) is 16.8 Å². The minimum atomic E-state index is -3.53. The van der Waals surface area contributed by atoms with E-state index in [0.717, 1.165) is 0 Å². The molecule has 0 radical (unpaired) electrons. The fourth-order valence-corrected chi connectivity index (χ4v) is 4.41. The smallest absolute Gasteiger partial charge is 0.238 e. The van der Waals surface area contributed by atoms with Gasteiger partial charge in [0.1, 0.15) is 12.1 Å². The molecule has 0 bridgehead atoms. The molecule has 1 aromatic heterocycles. The maximum atomic E-state index is 13.3. The molecule has 0 spiro atoms. The Bertz CT molecular complexity index is 907. The number of hydrogen-bond donors (Lipinski definition) is 0. The van der Waals surface area contributed by atoms with Gasteiger partial charge in [-0.15, -0.1) is 0 Å². The van der Waals surface area contributed by atoms with E-state index < -0.39 is 10.0 Å². The highest BCUT2D eigenvalue weighted by Crippen LogP contribution is 2.38. The fourth-order valence-electron chi connectivity index (χ4n) is 3.03. The molecular weight excluding hydrogens is 341 g/mol. The number of aldehydes is 1. The molecule has 134 valence electrons. The van der Waals surface area contributed by atoms with Crippen LogP contribution in [-0.4, -0.2) is 24.4 Å². The number of carbonyl (C=O) groups is 1. The second-order valence-electron chi connectivity index (χ2n) is 6.08. The van der Waals surface area contributed by atoms with Crippen LogP contribution in [0.5, 0.6) is 0 Å². The SMILES string of the molecule is CCS(=O)(=O)n1c(C)c(-c2ccc(F)cc2)c(C=CC=O)c1C(C)C. The third-order valence-corrected chi connectivity index (χ3v) is 5.85. The lowest BCUT2D eigenvalue weighted by molar-refractivity contribution is -0.104. The molecule has 2 aromatic rings. The lowest BCUT2D eigenvalue weighted by Gasteiger charge is -2.14. The number of halogens is 1. The van der Waals surface area contributed by atoms with Crippen LogP contribution in [0, 0.1) is 12.7 Å². The van der Waals surface area contributed by atoms with E-state index in [0.29, 0.717) is 34.4 Å². The third-order valence-electron chi connectivity index (χ3n) is 4.09. The molecule has 0 unspecified atom stereocenters. The van der Waals surface area contributed by atoms with Crippen molar-refractivity contribution in [2.75, 3.05) is 5.75 Å². The van der Waals surface area contributed by atoms with Crippen LogP contribution in [0.3, 0.4) is 0 Å². The largest absolute Gasteiger partial charge is 0.299 e. The quantitative estimate of drug-likeness (QED) is 0.573. The van der Waals surface area contributed by atoms with Crippen molar-refractivity contribution in [3.05, 3.63) is 53.1 Å². The highest BCUT2D eigenvalue weighted by Gasteiger charge is 2.27. The average molecular weight is 363 g/mol. The van der Waals surface area contributed by atoms with Gasteiger partial charge < -0.3 is 0 Å². The molecule has 0 aliphatic rings. The van der Waals surface area contributed by atoms with Gasteiger partial charge in [0.25, 0.3) is 0 Å². The van der Waals surface area contributed by atoms with Crippen molar-refractivity contribution in [2.45, 2.75) is 33.6 Å². The van der Waals surface area contributed by atoms with Gasteiger partial charge >= 0.3 is 0 Å². The Labute approximate surface area is 148 Å². The fraction of sp³-hybridized carbons (Fsp3) is 0.316. The van der Waals surface area contributed by atoms with E-state index >= 15 is 0 Å². The Hall–Kier alpha value is -2.21. The lowest BCUT2D eigenvalue weighted by atomic mass is 9.97. The van der Waals surface area contributed by atoms with E-state index in [2.05, 4.69) is 0 Å². The first kappa shape index (κ1) is 19.1. The van der Waals surface area contributed by atoms with Crippen LogP contribution in [0.4, 0.5) is 4.39 Å². The highest BCUT2D eigenvalue weighted by molar-refractivity contribution is 7.89. The highest BCUT2D eigenvalue weighted by atomic mass is 32.2. The number of benzene rings is 1. The van der Waals surface area contributed by atoms with Crippen molar-refractivity contribution in [1.82, 2.24) is 3.97 Å². The van der Waals surface area contributed by atoms with Gasteiger partial charge in [-0.3, -0.25) is 4.79 Å². The second-order valence-corrected chi connectivity index (χ2v) is 8.19. The molecule has 6 heteroatoms. The van der Waals surface area contributed by atoms with Crippen molar-refractivity contribution >= 4 is 22.4 Å². The van der Waals surface area contributed by atoms with Crippen LogP contribution in [0.1, 0.15) is 43.6 Å². The Morgan fingerprint density at radius 2 is 1.80 bits per heavy atom. The molecule has 1 heterocycles. The molecule has 4 nitrogen and oxygen atoms in total. The van der Waals surface area contributed by atoms with Gasteiger partial charge in [0, 0.05) is 22.5 Å². The zero-order chi connectivity index (χ0) is 18.8. The van der Waals surface area contributed by atoms with Gasteiger partial charge in [0.15, 0.2) is 0 Å². The molecule has 0 amide bonds. The van der Waals surface area contributed by atoms with E-state index in [4.69, 9.17) is 0 Å². The number of carbonyl (C=O) groups excluding carboxylic acids is 1. The summed E-state index contributed by atoms with van der Waals surface area (Å²) in [4.78, 5) is 10.8. The van der Waals surface area contributed by atoms with Gasteiger partial charge in [-0.2, -0.15) is 0 Å². The summed E-state index contributed by atoms with van der Waals surface area (Å²) in [6.07, 6.45) is 3.62. The molecule has 2 rings (SSSR count). The molecule has 0 N–H and O–H groups in total. The predicted octanol–water partition coefficient (Wildman–Crippen LogP) is 4.14. The van der Waals surface area contributed by atoms with Crippen LogP contribution in [-0.2, 0) is 14.8 Å². The topological polar surface area (TPSA) is 56.1 Å². The van der Waals surface area contributed by atoms with Crippen molar-refractivity contribution in [2.24, 2.45) is 0 Å². The van der Waals surface area contributed by atoms with Gasteiger partial charge in [-0.1, -0.05) is 26.0 Å². The van der Waals surface area contributed by atoms with E-state index in [1.807, 2.05) is 13.8 Å². The van der Waals surface area contributed by atoms with E-state index in [-0.39, 0.29) is 17.5 Å². The van der Waals surface area contributed by atoms with Crippen molar-refractivity contribution < 1.29 is 17.6 Å². The van der Waals surface area contributed by atoms with Gasteiger partial charge in [-0.05, 0) is 49.6 Å². The molecular formula is C19H22FNO3S. The number of rotatable bonds is 6. The molecule has 0 aliphatic carbocycles. The van der Waals surface area contributed by atoms with Gasteiger partial charge in [0.2, 0.25) is 10.0 Å². The lowest BCUT2D eigenvalue weighted by Crippen LogP contribution is -2.19. The number of allylic oxidation sites excluding steroid dienone is 1. The maximum Gasteiger partial charge on any atom is 0.238 e. The molecule has 1 aromatic carbocycles. The molecule has 0 fully saturated rings. The standard InChI is InChI=1S/C19H22FNO3S/c1-5-25(23,24)21-14(4)18(15-8-10-16(20)11-9-15)17(7-6-12-22)19(21)13(2)3/h6-13H,5H2,1-4H3. The Morgan fingerprint density at radius 3 is 2.28 bits per heavy atom. The molecule has 0 saturated heterocycles. The first-order chi connectivity index (χ1) is 11.7. The van der Waals surface area contributed by atoms with Crippen LogP contribution in [0.2, 0.25) is 0 Å². The second kappa shape index (κ2) is 7.35. The molecule has 0 aliphatic heterocycles. The number of nitrogens with zero attached hydrogens (tertiary/aromatic N) is 1. The summed E-state index contributed by atoms with van der Waals surface area (Å²) in [7, 11) is -3.53. The van der Waals surface area contributed by atoms with Crippen LogP contribution >= 0.6 is 0 Å².